The van der Waals surface area contributed by atoms with E-state index in [9.17, 15) is 4.79 Å². The summed E-state index contributed by atoms with van der Waals surface area (Å²) in [4.78, 5) is 10.8. The Morgan fingerprint density at radius 1 is 0.929 bits per heavy atom. The molecule has 0 saturated heterocycles. The first-order valence-electron chi connectivity index (χ1n) is 4.51. The maximum absolute atomic E-state index is 10.8. The number of hydrogen-bond donors (Lipinski definition) is 0. The van der Waals surface area contributed by atoms with Gasteiger partial charge in [-0.3, -0.25) is 4.79 Å². The van der Waals surface area contributed by atoms with Crippen LogP contribution in [0.4, 0.5) is 0 Å². The highest BCUT2D eigenvalue weighted by atomic mass is 16.1. The van der Waals surface area contributed by atoms with E-state index in [1.54, 1.807) is 0 Å². The molecule has 0 heterocycles. The van der Waals surface area contributed by atoms with Gasteiger partial charge in [-0.2, -0.15) is 0 Å². The summed E-state index contributed by atoms with van der Waals surface area (Å²) in [6.07, 6.45) is 12.7. The Labute approximate surface area is 83.1 Å². The molecule has 1 aliphatic carbocycles. The van der Waals surface area contributed by atoms with Crippen LogP contribution in [0.2, 0.25) is 0 Å². The summed E-state index contributed by atoms with van der Waals surface area (Å²) in [6, 6.07) is 5.73. The Kier molecular flexibility index (Phi) is 2.41. The van der Waals surface area contributed by atoms with Gasteiger partial charge in [0.15, 0.2) is 6.29 Å². The average Bonchev–Trinajstić information content (AvgIpc) is 2.18. The first-order chi connectivity index (χ1) is 6.92. The van der Waals surface area contributed by atoms with E-state index in [2.05, 4.69) is 0 Å². The smallest absolute Gasteiger partial charge is 0.150 e. The lowest BCUT2D eigenvalue weighted by molar-refractivity contribution is 0.112. The van der Waals surface area contributed by atoms with Crippen LogP contribution in [0.15, 0.2) is 42.5 Å². The lowest BCUT2D eigenvalue weighted by atomic mass is 10.00. The number of rotatable bonds is 1. The minimum atomic E-state index is 0.735. The van der Waals surface area contributed by atoms with Crippen LogP contribution in [0.3, 0.4) is 0 Å². The van der Waals surface area contributed by atoms with Crippen molar-refractivity contribution in [3.05, 3.63) is 59.2 Å². The Hall–Kier alpha value is -1.89. The highest BCUT2D eigenvalue weighted by molar-refractivity contribution is 5.85. The molecule has 1 aliphatic rings. The molecule has 0 spiro atoms. The topological polar surface area (TPSA) is 17.1 Å². The Bertz CT molecular complexity index is 437. The molecule has 1 nitrogen and oxygen atoms in total. The van der Waals surface area contributed by atoms with E-state index in [4.69, 9.17) is 0 Å². The van der Waals surface area contributed by atoms with E-state index in [1.807, 2.05) is 54.7 Å². The molecule has 0 N–H and O–H groups in total. The van der Waals surface area contributed by atoms with Gasteiger partial charge in [0.25, 0.3) is 0 Å². The molecule has 0 unspecified atom stereocenters. The van der Waals surface area contributed by atoms with Crippen LogP contribution in [0.1, 0.15) is 21.5 Å². The van der Waals surface area contributed by atoms with E-state index >= 15 is 0 Å². The highest BCUT2D eigenvalue weighted by Crippen LogP contribution is 2.18. The van der Waals surface area contributed by atoms with Crippen molar-refractivity contribution in [3.8, 4) is 0 Å². The summed E-state index contributed by atoms with van der Waals surface area (Å²) in [6.45, 7) is 0. The fourth-order valence-corrected chi connectivity index (χ4v) is 1.48. The lowest BCUT2D eigenvalue weighted by Gasteiger charge is -2.04. The molecule has 2 rings (SSSR count). The Morgan fingerprint density at radius 3 is 2.50 bits per heavy atom. The van der Waals surface area contributed by atoms with E-state index in [1.165, 1.54) is 0 Å². The second-order valence-corrected chi connectivity index (χ2v) is 3.07. The molecule has 0 fully saturated rings. The van der Waals surface area contributed by atoms with Crippen LogP contribution in [0.5, 0.6) is 0 Å². The van der Waals surface area contributed by atoms with Crippen molar-refractivity contribution in [3.63, 3.8) is 0 Å². The third-order valence-electron chi connectivity index (χ3n) is 2.17. The molecule has 0 atom stereocenters. The zero-order chi connectivity index (χ0) is 9.80. The van der Waals surface area contributed by atoms with Gasteiger partial charge >= 0.3 is 0 Å². The Morgan fingerprint density at radius 2 is 1.71 bits per heavy atom. The van der Waals surface area contributed by atoms with Gasteiger partial charge in [0.2, 0.25) is 0 Å². The molecule has 1 heteroatoms. The van der Waals surface area contributed by atoms with E-state index < -0.39 is 0 Å². The highest BCUT2D eigenvalue weighted by Gasteiger charge is 2.02. The first kappa shape index (κ1) is 8.70. The van der Waals surface area contributed by atoms with Crippen molar-refractivity contribution < 1.29 is 4.79 Å². The number of carbonyl (C=O) groups is 1. The first-order valence-corrected chi connectivity index (χ1v) is 4.51. The van der Waals surface area contributed by atoms with Gasteiger partial charge in [0.1, 0.15) is 0 Å². The average molecular weight is 182 g/mol. The maximum Gasteiger partial charge on any atom is 0.150 e. The summed E-state index contributed by atoms with van der Waals surface area (Å²) in [5.41, 5.74) is 2.80. The van der Waals surface area contributed by atoms with Crippen molar-refractivity contribution in [2.75, 3.05) is 0 Å². The van der Waals surface area contributed by atoms with Gasteiger partial charge in [-0.15, -0.1) is 0 Å². The van der Waals surface area contributed by atoms with Gasteiger partial charge < -0.3 is 0 Å². The second-order valence-electron chi connectivity index (χ2n) is 3.07. The predicted octanol–water partition coefficient (Wildman–Crippen LogP) is 3.10. The van der Waals surface area contributed by atoms with Crippen LogP contribution in [-0.4, -0.2) is 6.29 Å². The molecule has 0 aromatic heterocycles. The van der Waals surface area contributed by atoms with Crippen LogP contribution in [-0.2, 0) is 0 Å². The SMILES string of the molecule is O=Cc1cccc2c1\C=C/C=C\C=C/2. The van der Waals surface area contributed by atoms with E-state index in [0.717, 1.165) is 23.0 Å². The van der Waals surface area contributed by atoms with Crippen molar-refractivity contribution >= 4 is 18.4 Å². The largest absolute Gasteiger partial charge is 0.298 e. The summed E-state index contributed by atoms with van der Waals surface area (Å²) in [5, 5.41) is 0. The van der Waals surface area contributed by atoms with Gasteiger partial charge in [-0.25, -0.2) is 0 Å². The third-order valence-corrected chi connectivity index (χ3v) is 2.17. The number of hydrogen-bond acceptors (Lipinski definition) is 1. The standard InChI is InChI=1S/C13H10O/c14-10-12-8-5-7-11-6-3-1-2-4-9-13(11)12/h1-10H/b2-1-,3-1?,4-2?,6-3-,9-4-,11-6?,13-9?. The van der Waals surface area contributed by atoms with Crippen LogP contribution in [0.25, 0.3) is 12.2 Å². The molecule has 0 bridgehead atoms. The molecule has 1 aromatic rings. The maximum atomic E-state index is 10.8. The van der Waals surface area contributed by atoms with Crippen molar-refractivity contribution in [1.82, 2.24) is 0 Å². The molecule has 0 saturated carbocycles. The van der Waals surface area contributed by atoms with Crippen molar-refractivity contribution in [2.24, 2.45) is 0 Å². The molecular formula is C13H10O. The number of carbonyl (C=O) groups excluding carboxylic acids is 1. The molecule has 0 radical (unpaired) electrons. The van der Waals surface area contributed by atoms with Crippen LogP contribution >= 0.6 is 0 Å². The monoisotopic (exact) mass is 182 g/mol. The zero-order valence-electron chi connectivity index (χ0n) is 7.68. The summed E-state index contributed by atoms with van der Waals surface area (Å²) >= 11 is 0. The fourth-order valence-electron chi connectivity index (χ4n) is 1.48. The van der Waals surface area contributed by atoms with Gasteiger partial charge in [0.05, 0.1) is 0 Å². The normalized spacial score (nSPS) is 20.0. The van der Waals surface area contributed by atoms with E-state index in [-0.39, 0.29) is 0 Å². The minimum absolute atomic E-state index is 0.735. The number of allylic oxidation sites excluding steroid dienone is 4. The molecule has 1 aromatic carbocycles. The fraction of sp³-hybridized carbons (Fsp3) is 0. The van der Waals surface area contributed by atoms with Gasteiger partial charge in [0, 0.05) is 5.56 Å². The van der Waals surface area contributed by atoms with Crippen LogP contribution < -0.4 is 0 Å². The third kappa shape index (κ3) is 1.57. The van der Waals surface area contributed by atoms with Gasteiger partial charge in [-0.1, -0.05) is 54.7 Å². The second kappa shape index (κ2) is 3.88. The molecule has 0 aliphatic heterocycles. The summed E-state index contributed by atoms with van der Waals surface area (Å²) in [5.74, 6) is 0. The number of fused-ring (bicyclic) bond motifs is 1. The lowest BCUT2D eigenvalue weighted by Crippen LogP contribution is -1.90. The molecular weight excluding hydrogens is 172 g/mol. The molecule has 14 heavy (non-hydrogen) atoms. The quantitative estimate of drug-likeness (QED) is 0.610. The Balaban J connectivity index is 2.64. The number of benzene rings is 1. The summed E-state index contributed by atoms with van der Waals surface area (Å²) in [7, 11) is 0. The number of aldehydes is 1. The van der Waals surface area contributed by atoms with E-state index in [0.29, 0.717) is 0 Å². The van der Waals surface area contributed by atoms with Crippen molar-refractivity contribution in [1.29, 1.82) is 0 Å². The van der Waals surface area contributed by atoms with Gasteiger partial charge in [-0.05, 0) is 11.1 Å². The zero-order valence-corrected chi connectivity index (χ0v) is 7.68. The molecule has 0 amide bonds. The minimum Gasteiger partial charge on any atom is -0.298 e. The molecule has 68 valence electrons. The predicted molar refractivity (Wildman–Crippen MR) is 59.0 cm³/mol. The van der Waals surface area contributed by atoms with Crippen LogP contribution in [0, 0.1) is 0 Å². The van der Waals surface area contributed by atoms with Crippen molar-refractivity contribution in [2.45, 2.75) is 0 Å². The summed E-state index contributed by atoms with van der Waals surface area (Å²) < 4.78 is 0.